The molecule has 3 aromatic heterocycles. The fraction of sp³-hybridized carbons (Fsp3) is 0.444. The van der Waals surface area contributed by atoms with Gasteiger partial charge in [0.15, 0.2) is 0 Å². The van der Waals surface area contributed by atoms with Crippen molar-refractivity contribution in [1.82, 2.24) is 19.7 Å². The first-order valence-electron chi connectivity index (χ1n) is 8.84. The van der Waals surface area contributed by atoms with Gasteiger partial charge in [-0.05, 0) is 38.3 Å². The molecule has 1 atom stereocenters. The molecule has 1 unspecified atom stereocenters. The number of carbonyl (C=O) groups excluding carboxylic acids is 1. The molecule has 0 saturated carbocycles. The van der Waals surface area contributed by atoms with Crippen LogP contribution in [0.5, 0.6) is 0 Å². The van der Waals surface area contributed by atoms with Crippen molar-refractivity contribution in [2.24, 2.45) is 0 Å². The molecule has 0 bridgehead atoms. The van der Waals surface area contributed by atoms with Crippen LogP contribution in [-0.4, -0.2) is 45.4 Å². The Labute approximate surface area is 155 Å². The van der Waals surface area contributed by atoms with Crippen LogP contribution in [0, 0.1) is 6.92 Å². The second-order valence-corrected chi connectivity index (χ2v) is 7.38. The smallest absolute Gasteiger partial charge is 0.348 e. The average molecular weight is 371 g/mol. The van der Waals surface area contributed by atoms with E-state index in [4.69, 9.17) is 4.74 Å². The molecule has 0 aliphatic carbocycles. The number of hydrogen-bond donors (Lipinski definition) is 0. The Bertz CT molecular complexity index is 921. The van der Waals surface area contributed by atoms with Gasteiger partial charge in [0, 0.05) is 25.5 Å². The standard InChI is InChI=1S/C18H21N5O2S/c1-3-25-18(24)15-12(2)14-16(19-11-20-17(14)26-15)22-8-4-6-13(10-22)23-9-5-7-21-23/h5,7,9,11,13H,3-4,6,8,10H2,1-2H3. The molecular formula is C18H21N5O2S. The van der Waals surface area contributed by atoms with Gasteiger partial charge in [-0.15, -0.1) is 11.3 Å². The molecule has 4 rings (SSSR count). The molecule has 0 amide bonds. The number of aryl methyl sites for hydroxylation is 1. The van der Waals surface area contributed by atoms with Crippen LogP contribution in [-0.2, 0) is 4.74 Å². The minimum absolute atomic E-state index is 0.285. The summed E-state index contributed by atoms with van der Waals surface area (Å²) in [6.45, 7) is 5.91. The van der Waals surface area contributed by atoms with Crippen LogP contribution in [0.15, 0.2) is 24.8 Å². The van der Waals surface area contributed by atoms with E-state index in [1.165, 1.54) is 11.3 Å². The van der Waals surface area contributed by atoms with E-state index in [1.54, 1.807) is 6.33 Å². The van der Waals surface area contributed by atoms with E-state index in [1.807, 2.05) is 37.0 Å². The highest BCUT2D eigenvalue weighted by atomic mass is 32.1. The summed E-state index contributed by atoms with van der Waals surface area (Å²) in [6, 6.07) is 2.28. The summed E-state index contributed by atoms with van der Waals surface area (Å²) >= 11 is 1.38. The quantitative estimate of drug-likeness (QED) is 0.656. The normalized spacial score (nSPS) is 17.6. The summed E-state index contributed by atoms with van der Waals surface area (Å²) in [6.07, 6.45) is 7.59. The van der Waals surface area contributed by atoms with Crippen LogP contribution >= 0.6 is 11.3 Å². The number of thiophene rings is 1. The summed E-state index contributed by atoms with van der Waals surface area (Å²) in [5.74, 6) is 0.614. The van der Waals surface area contributed by atoms with Gasteiger partial charge in [0.1, 0.15) is 21.9 Å². The second-order valence-electron chi connectivity index (χ2n) is 6.38. The number of piperidine rings is 1. The summed E-state index contributed by atoms with van der Waals surface area (Å²) in [5, 5.41) is 5.35. The van der Waals surface area contributed by atoms with Crippen LogP contribution in [0.3, 0.4) is 0 Å². The van der Waals surface area contributed by atoms with Crippen molar-refractivity contribution in [3.63, 3.8) is 0 Å². The number of rotatable bonds is 4. The molecule has 4 heterocycles. The maximum absolute atomic E-state index is 12.2. The summed E-state index contributed by atoms with van der Waals surface area (Å²) in [7, 11) is 0. The molecule has 0 N–H and O–H groups in total. The molecule has 8 heteroatoms. The van der Waals surface area contributed by atoms with Gasteiger partial charge in [0.2, 0.25) is 0 Å². The zero-order valence-electron chi connectivity index (χ0n) is 14.9. The zero-order chi connectivity index (χ0) is 18.1. The number of carbonyl (C=O) groups is 1. The molecule has 1 aliphatic rings. The molecule has 1 fully saturated rings. The highest BCUT2D eigenvalue weighted by Gasteiger charge is 2.27. The van der Waals surface area contributed by atoms with E-state index in [-0.39, 0.29) is 5.97 Å². The van der Waals surface area contributed by atoms with E-state index >= 15 is 0 Å². The Morgan fingerprint density at radius 1 is 1.42 bits per heavy atom. The first kappa shape index (κ1) is 17.0. The Balaban J connectivity index is 1.71. The number of fused-ring (bicyclic) bond motifs is 1. The maximum atomic E-state index is 12.2. The van der Waals surface area contributed by atoms with Crippen molar-refractivity contribution in [2.75, 3.05) is 24.6 Å². The van der Waals surface area contributed by atoms with Crippen molar-refractivity contribution >= 4 is 33.3 Å². The van der Waals surface area contributed by atoms with Gasteiger partial charge in [-0.1, -0.05) is 0 Å². The highest BCUT2D eigenvalue weighted by Crippen LogP contribution is 2.37. The number of hydrogen-bond acceptors (Lipinski definition) is 7. The van der Waals surface area contributed by atoms with Gasteiger partial charge in [0.25, 0.3) is 0 Å². The van der Waals surface area contributed by atoms with Crippen molar-refractivity contribution in [2.45, 2.75) is 32.7 Å². The number of anilines is 1. The molecule has 7 nitrogen and oxygen atoms in total. The van der Waals surface area contributed by atoms with E-state index in [0.29, 0.717) is 17.5 Å². The Morgan fingerprint density at radius 2 is 2.31 bits per heavy atom. The lowest BCUT2D eigenvalue weighted by Crippen LogP contribution is -2.37. The molecule has 0 spiro atoms. The fourth-order valence-corrected chi connectivity index (χ4v) is 4.58. The van der Waals surface area contributed by atoms with Gasteiger partial charge in [-0.2, -0.15) is 5.10 Å². The van der Waals surface area contributed by atoms with E-state index < -0.39 is 0 Å². The third-order valence-electron chi connectivity index (χ3n) is 4.76. The molecule has 0 radical (unpaired) electrons. The van der Waals surface area contributed by atoms with Gasteiger partial charge in [-0.3, -0.25) is 4.68 Å². The second kappa shape index (κ2) is 7.03. The lowest BCUT2D eigenvalue weighted by atomic mass is 10.1. The van der Waals surface area contributed by atoms with Crippen LogP contribution in [0.4, 0.5) is 5.82 Å². The van der Waals surface area contributed by atoms with E-state index in [0.717, 1.165) is 47.5 Å². The molecular weight excluding hydrogens is 350 g/mol. The number of ether oxygens (including phenoxy) is 1. The van der Waals surface area contributed by atoms with Crippen molar-refractivity contribution in [3.8, 4) is 0 Å². The summed E-state index contributed by atoms with van der Waals surface area (Å²) < 4.78 is 7.21. The topological polar surface area (TPSA) is 73.1 Å². The number of esters is 1. The maximum Gasteiger partial charge on any atom is 0.348 e. The summed E-state index contributed by atoms with van der Waals surface area (Å²) in [5.41, 5.74) is 0.903. The van der Waals surface area contributed by atoms with Gasteiger partial charge < -0.3 is 9.64 Å². The highest BCUT2D eigenvalue weighted by molar-refractivity contribution is 7.20. The minimum Gasteiger partial charge on any atom is -0.462 e. The van der Waals surface area contributed by atoms with Crippen LogP contribution in [0.25, 0.3) is 10.2 Å². The Kier molecular flexibility index (Phi) is 4.58. The average Bonchev–Trinajstić information content (AvgIpc) is 3.30. The van der Waals surface area contributed by atoms with Crippen LogP contribution < -0.4 is 4.90 Å². The van der Waals surface area contributed by atoms with Crippen molar-refractivity contribution in [1.29, 1.82) is 0 Å². The summed E-state index contributed by atoms with van der Waals surface area (Å²) in [4.78, 5) is 24.9. The number of nitrogens with zero attached hydrogens (tertiary/aromatic N) is 5. The van der Waals surface area contributed by atoms with E-state index in [2.05, 4.69) is 20.0 Å². The molecule has 1 saturated heterocycles. The minimum atomic E-state index is -0.285. The molecule has 1 aliphatic heterocycles. The monoisotopic (exact) mass is 371 g/mol. The molecule has 26 heavy (non-hydrogen) atoms. The Hall–Kier alpha value is -2.48. The third-order valence-corrected chi connectivity index (χ3v) is 5.94. The van der Waals surface area contributed by atoms with Crippen LogP contribution in [0.1, 0.15) is 41.0 Å². The predicted molar refractivity (Wildman–Crippen MR) is 101 cm³/mol. The zero-order valence-corrected chi connectivity index (χ0v) is 15.7. The first-order valence-corrected chi connectivity index (χ1v) is 9.66. The first-order chi connectivity index (χ1) is 12.7. The van der Waals surface area contributed by atoms with Gasteiger partial charge >= 0.3 is 5.97 Å². The molecule has 136 valence electrons. The number of aromatic nitrogens is 4. The predicted octanol–water partition coefficient (Wildman–Crippen LogP) is 3.21. The fourth-order valence-electron chi connectivity index (χ4n) is 3.54. The van der Waals surface area contributed by atoms with E-state index in [9.17, 15) is 4.79 Å². The van der Waals surface area contributed by atoms with Crippen LogP contribution in [0.2, 0.25) is 0 Å². The molecule has 3 aromatic rings. The van der Waals surface area contributed by atoms with Crippen molar-refractivity contribution in [3.05, 3.63) is 35.2 Å². The van der Waals surface area contributed by atoms with Gasteiger partial charge in [0.05, 0.1) is 18.0 Å². The lowest BCUT2D eigenvalue weighted by molar-refractivity contribution is 0.0531. The third kappa shape index (κ3) is 2.94. The van der Waals surface area contributed by atoms with Gasteiger partial charge in [-0.25, -0.2) is 14.8 Å². The SMILES string of the molecule is CCOC(=O)c1sc2ncnc(N3CCCC(n4cccn4)C3)c2c1C. The Morgan fingerprint density at radius 3 is 3.08 bits per heavy atom. The molecule has 0 aromatic carbocycles. The lowest BCUT2D eigenvalue weighted by Gasteiger charge is -2.34. The van der Waals surface area contributed by atoms with Crippen molar-refractivity contribution < 1.29 is 9.53 Å². The largest absolute Gasteiger partial charge is 0.462 e.